The molecule has 10 heteroatoms. The van der Waals surface area contributed by atoms with E-state index in [2.05, 4.69) is 4.98 Å². The van der Waals surface area contributed by atoms with Crippen molar-refractivity contribution in [2.45, 2.75) is 25.5 Å². The summed E-state index contributed by atoms with van der Waals surface area (Å²) in [6.45, 7) is 0.109. The molecule has 3 heterocycles. The molecule has 0 saturated carbocycles. The molecule has 0 fully saturated rings. The first-order valence-electron chi connectivity index (χ1n) is 11.5. The third-order valence-electron chi connectivity index (χ3n) is 6.35. The highest BCUT2D eigenvalue weighted by Crippen LogP contribution is 2.31. The van der Waals surface area contributed by atoms with E-state index in [1.807, 2.05) is 30.3 Å². The highest BCUT2D eigenvalue weighted by molar-refractivity contribution is 5.95. The first-order valence-corrected chi connectivity index (χ1v) is 11.5. The van der Waals surface area contributed by atoms with Crippen molar-refractivity contribution in [2.75, 3.05) is 6.61 Å². The lowest BCUT2D eigenvalue weighted by Crippen LogP contribution is -2.39. The average molecular weight is 489 g/mol. The number of hydrogen-bond donors (Lipinski definition) is 0. The molecular formula is C26H24N4O6. The number of aromatic nitrogens is 4. The quantitative estimate of drug-likeness (QED) is 0.302. The smallest absolute Gasteiger partial charge is 0.339 e. The van der Waals surface area contributed by atoms with Crippen molar-refractivity contribution < 1.29 is 19.1 Å². The van der Waals surface area contributed by atoms with Crippen molar-refractivity contribution in [3.8, 4) is 0 Å². The first-order chi connectivity index (χ1) is 17.3. The Kier molecular flexibility index (Phi) is 6.01. The highest BCUT2D eigenvalue weighted by atomic mass is 16.5. The molecule has 0 spiro atoms. The number of ether oxygens (including phenoxy) is 2. The fourth-order valence-corrected chi connectivity index (χ4v) is 4.44. The van der Waals surface area contributed by atoms with Crippen LogP contribution in [0.5, 0.6) is 0 Å². The second-order valence-electron chi connectivity index (χ2n) is 8.70. The van der Waals surface area contributed by atoms with Gasteiger partial charge in [-0.25, -0.2) is 19.4 Å². The topological polar surface area (TPSA) is 114 Å². The monoisotopic (exact) mass is 488 g/mol. The van der Waals surface area contributed by atoms with Gasteiger partial charge >= 0.3 is 17.6 Å². The van der Waals surface area contributed by atoms with E-state index in [1.54, 1.807) is 30.8 Å². The molecule has 1 unspecified atom stereocenters. The maximum Gasteiger partial charge on any atom is 0.339 e. The normalized spacial score (nSPS) is 14.9. The molecule has 0 amide bonds. The van der Waals surface area contributed by atoms with E-state index < -0.39 is 29.3 Å². The number of benzene rings is 2. The third-order valence-corrected chi connectivity index (χ3v) is 6.35. The number of hydrogen-bond acceptors (Lipinski definition) is 7. The zero-order chi connectivity index (χ0) is 25.4. The number of cyclic esters (lactones) is 1. The van der Waals surface area contributed by atoms with E-state index in [0.29, 0.717) is 34.3 Å². The van der Waals surface area contributed by atoms with Gasteiger partial charge in [-0.05, 0) is 35.7 Å². The highest BCUT2D eigenvalue weighted by Gasteiger charge is 2.28. The van der Waals surface area contributed by atoms with Crippen LogP contribution in [0.2, 0.25) is 0 Å². The Bertz CT molecular complexity index is 1600. The van der Waals surface area contributed by atoms with E-state index >= 15 is 0 Å². The molecule has 5 rings (SSSR count). The van der Waals surface area contributed by atoms with Crippen LogP contribution in [0.15, 0.2) is 64.4 Å². The molecule has 2 aromatic heterocycles. The molecule has 0 bridgehead atoms. The molecule has 1 aliphatic rings. The summed E-state index contributed by atoms with van der Waals surface area (Å²) < 4.78 is 15.0. The van der Waals surface area contributed by atoms with Gasteiger partial charge in [0.2, 0.25) is 0 Å². The number of rotatable bonds is 6. The lowest BCUT2D eigenvalue weighted by molar-refractivity contribution is 0.0251. The minimum atomic E-state index is -0.546. The minimum Gasteiger partial charge on any atom is -0.462 e. The van der Waals surface area contributed by atoms with E-state index in [1.165, 1.54) is 17.0 Å². The molecule has 0 radical (unpaired) electrons. The van der Waals surface area contributed by atoms with Crippen molar-refractivity contribution in [1.29, 1.82) is 0 Å². The van der Waals surface area contributed by atoms with Crippen molar-refractivity contribution in [3.05, 3.63) is 98.0 Å². The van der Waals surface area contributed by atoms with Gasteiger partial charge in [-0.1, -0.05) is 30.3 Å². The molecule has 0 aliphatic carbocycles. The Morgan fingerprint density at radius 2 is 1.89 bits per heavy atom. The summed E-state index contributed by atoms with van der Waals surface area (Å²) >= 11 is 0. The zero-order valence-corrected chi connectivity index (χ0v) is 19.8. The molecule has 0 N–H and O–H groups in total. The summed E-state index contributed by atoms with van der Waals surface area (Å²) in [5.41, 5.74) is 2.08. The standard InChI is InChI=1S/C26H24N4O6/c1-28-15-27-22-21(28)23(31)30(26(34)29(22)2)11-6-12-35-24(32)17-9-10-19-18(13-17)14-20(36-25(19)33)16-7-4-3-5-8-16/h3-5,7-10,13,15,20H,6,11-12,14H2,1-2H3. The van der Waals surface area contributed by atoms with Crippen LogP contribution in [0.1, 0.15) is 44.4 Å². The molecule has 1 aliphatic heterocycles. The van der Waals surface area contributed by atoms with Crippen molar-refractivity contribution >= 4 is 23.1 Å². The largest absolute Gasteiger partial charge is 0.462 e. The maximum absolute atomic E-state index is 12.8. The number of aryl methyl sites for hydroxylation is 2. The van der Waals surface area contributed by atoms with Gasteiger partial charge in [0.25, 0.3) is 5.56 Å². The van der Waals surface area contributed by atoms with Gasteiger partial charge in [0.15, 0.2) is 11.2 Å². The Morgan fingerprint density at radius 3 is 2.67 bits per heavy atom. The number of esters is 2. The summed E-state index contributed by atoms with van der Waals surface area (Å²) in [5, 5.41) is 0. The van der Waals surface area contributed by atoms with Crippen LogP contribution < -0.4 is 11.2 Å². The third kappa shape index (κ3) is 4.10. The summed E-state index contributed by atoms with van der Waals surface area (Å²) in [4.78, 5) is 54.6. The van der Waals surface area contributed by atoms with Crippen LogP contribution in [0.4, 0.5) is 0 Å². The summed E-state index contributed by atoms with van der Waals surface area (Å²) in [7, 11) is 3.25. The molecule has 2 aromatic carbocycles. The Balaban J connectivity index is 1.26. The van der Waals surface area contributed by atoms with Crippen molar-refractivity contribution in [1.82, 2.24) is 18.7 Å². The van der Waals surface area contributed by atoms with Crippen LogP contribution in [0.3, 0.4) is 0 Å². The predicted molar refractivity (Wildman–Crippen MR) is 130 cm³/mol. The molecule has 10 nitrogen and oxygen atoms in total. The van der Waals surface area contributed by atoms with Gasteiger partial charge in [-0.15, -0.1) is 0 Å². The number of carbonyl (C=O) groups excluding carboxylic acids is 2. The van der Waals surface area contributed by atoms with Crippen LogP contribution in [0, 0.1) is 0 Å². The van der Waals surface area contributed by atoms with Crippen molar-refractivity contribution in [3.63, 3.8) is 0 Å². The van der Waals surface area contributed by atoms with Crippen LogP contribution in [-0.2, 0) is 36.5 Å². The first kappa shape index (κ1) is 23.3. The Labute approximate surface area is 205 Å². The summed E-state index contributed by atoms with van der Waals surface area (Å²) in [5.74, 6) is -0.974. The lowest BCUT2D eigenvalue weighted by atomic mass is 9.93. The van der Waals surface area contributed by atoms with E-state index in [4.69, 9.17) is 9.47 Å². The van der Waals surface area contributed by atoms with Gasteiger partial charge in [-0.2, -0.15) is 0 Å². The van der Waals surface area contributed by atoms with Gasteiger partial charge in [0.05, 0.1) is 24.1 Å². The average Bonchev–Trinajstić information content (AvgIpc) is 3.28. The number of imidazole rings is 1. The molecule has 1 atom stereocenters. The molecule has 36 heavy (non-hydrogen) atoms. The van der Waals surface area contributed by atoms with Gasteiger partial charge in [-0.3, -0.25) is 13.9 Å². The molecular weight excluding hydrogens is 464 g/mol. The number of fused-ring (bicyclic) bond motifs is 2. The molecule has 184 valence electrons. The molecule has 4 aromatic rings. The lowest BCUT2D eigenvalue weighted by Gasteiger charge is -2.25. The second-order valence-corrected chi connectivity index (χ2v) is 8.70. The van der Waals surface area contributed by atoms with E-state index in [-0.39, 0.29) is 19.6 Å². The summed E-state index contributed by atoms with van der Waals surface area (Å²) in [6, 6.07) is 14.2. The zero-order valence-electron chi connectivity index (χ0n) is 19.8. The van der Waals surface area contributed by atoms with Crippen LogP contribution in [-0.4, -0.2) is 37.2 Å². The second kappa shape index (κ2) is 9.29. The fourth-order valence-electron chi connectivity index (χ4n) is 4.44. The summed E-state index contributed by atoms with van der Waals surface area (Å²) in [6.07, 6.45) is 1.79. The van der Waals surface area contributed by atoms with Gasteiger partial charge in [0.1, 0.15) is 6.10 Å². The fraction of sp³-hybridized carbons (Fsp3) is 0.269. The maximum atomic E-state index is 12.8. The Hall–Kier alpha value is -4.47. The SMILES string of the molecule is Cn1cnc2c1c(=O)n(CCCOC(=O)c1ccc3c(c1)CC(c1ccccc1)OC3=O)c(=O)n2C. The molecule has 0 saturated heterocycles. The van der Waals surface area contributed by atoms with Crippen LogP contribution >= 0.6 is 0 Å². The van der Waals surface area contributed by atoms with Gasteiger partial charge in [0, 0.05) is 27.1 Å². The number of carbonyl (C=O) groups is 2. The number of nitrogens with zero attached hydrogens (tertiary/aromatic N) is 4. The van der Waals surface area contributed by atoms with Crippen molar-refractivity contribution in [2.24, 2.45) is 14.1 Å². The minimum absolute atomic E-state index is 0.0175. The van der Waals surface area contributed by atoms with E-state index in [0.717, 1.165) is 10.1 Å². The van der Waals surface area contributed by atoms with E-state index in [9.17, 15) is 19.2 Å². The Morgan fingerprint density at radius 1 is 1.11 bits per heavy atom. The predicted octanol–water partition coefficient (Wildman–Crippen LogP) is 2.13. The van der Waals surface area contributed by atoms with Crippen LogP contribution in [0.25, 0.3) is 11.2 Å². The van der Waals surface area contributed by atoms with Gasteiger partial charge < -0.3 is 14.0 Å².